The second kappa shape index (κ2) is 11.9. The Bertz CT molecular complexity index is 1530. The van der Waals surface area contributed by atoms with Gasteiger partial charge >= 0.3 is 5.97 Å². The predicted molar refractivity (Wildman–Crippen MR) is 154 cm³/mol. The minimum absolute atomic E-state index is 0.254. The molecule has 40 heavy (non-hydrogen) atoms. The number of carbonyl (C=O) groups excluding carboxylic acids is 2. The van der Waals surface area contributed by atoms with E-state index >= 15 is 0 Å². The number of nitrogens with zero attached hydrogens (tertiary/aromatic N) is 2. The van der Waals surface area contributed by atoms with E-state index in [2.05, 4.69) is 0 Å². The maximum atomic E-state index is 13.7. The molecule has 0 unspecified atom stereocenters. The van der Waals surface area contributed by atoms with Crippen molar-refractivity contribution in [2.24, 2.45) is 0 Å². The molecule has 1 amide bonds. The van der Waals surface area contributed by atoms with Crippen LogP contribution in [0.25, 0.3) is 11.8 Å². The van der Waals surface area contributed by atoms with Crippen molar-refractivity contribution in [1.82, 2.24) is 9.47 Å². The van der Waals surface area contributed by atoms with Crippen LogP contribution in [-0.2, 0) is 20.7 Å². The van der Waals surface area contributed by atoms with Gasteiger partial charge in [-0.1, -0.05) is 17.7 Å². The van der Waals surface area contributed by atoms with Gasteiger partial charge in [-0.05, 0) is 80.8 Å². The maximum absolute atomic E-state index is 13.7. The van der Waals surface area contributed by atoms with Gasteiger partial charge in [0.15, 0.2) is 11.5 Å². The number of hydrogen-bond acceptors (Lipinski definition) is 6. The molecule has 1 aliphatic heterocycles. The molecule has 2 heterocycles. The third kappa shape index (κ3) is 5.31. The fraction of sp³-hybridized carbons (Fsp3) is 0.290. The van der Waals surface area contributed by atoms with Gasteiger partial charge < -0.3 is 28.4 Å². The van der Waals surface area contributed by atoms with E-state index in [1.54, 1.807) is 39.2 Å². The van der Waals surface area contributed by atoms with Crippen molar-refractivity contribution in [3.63, 3.8) is 0 Å². The van der Waals surface area contributed by atoms with Gasteiger partial charge in [0.2, 0.25) is 0 Å². The van der Waals surface area contributed by atoms with Crippen LogP contribution in [0.15, 0.2) is 59.3 Å². The van der Waals surface area contributed by atoms with Crippen LogP contribution in [0.1, 0.15) is 29.4 Å². The van der Waals surface area contributed by atoms with Crippen molar-refractivity contribution in [3.05, 3.63) is 86.8 Å². The number of ether oxygens (including phenoxy) is 4. The molecule has 3 aromatic rings. The van der Waals surface area contributed by atoms with Gasteiger partial charge in [0.05, 0.1) is 44.6 Å². The van der Waals surface area contributed by atoms with Gasteiger partial charge in [0.1, 0.15) is 5.75 Å². The Balaban J connectivity index is 1.69. The zero-order valence-corrected chi connectivity index (χ0v) is 24.5. The number of hydrogen-bond donors (Lipinski definition) is 0. The van der Waals surface area contributed by atoms with E-state index in [9.17, 15) is 9.59 Å². The number of carbonyl (C=O) groups is 2. The standard InChI is InChI=1S/C31H33ClN2O6/c1-18-14-22(19(2)34(18)23-9-11-26(37-4)25(32)17-23)16-24-29(31(36)40-7)20(3)33(30(24)35)13-12-21-8-10-27(38-5)28(15-21)39-6/h8-11,14-17H,12-13H2,1-7H3/b24-16-. The molecule has 0 atom stereocenters. The number of aryl methyl sites for hydroxylation is 1. The Morgan fingerprint density at radius 1 is 0.900 bits per heavy atom. The van der Waals surface area contributed by atoms with Crippen LogP contribution in [0, 0.1) is 13.8 Å². The summed E-state index contributed by atoms with van der Waals surface area (Å²) in [7, 11) is 6.05. The van der Waals surface area contributed by atoms with Crippen molar-refractivity contribution >= 4 is 29.6 Å². The minimum atomic E-state index is -0.554. The van der Waals surface area contributed by atoms with E-state index in [1.165, 1.54) is 7.11 Å². The summed E-state index contributed by atoms with van der Waals surface area (Å²) in [5.41, 5.74) is 5.59. The van der Waals surface area contributed by atoms with Crippen LogP contribution in [0.5, 0.6) is 17.2 Å². The monoisotopic (exact) mass is 564 g/mol. The van der Waals surface area contributed by atoms with Gasteiger partial charge in [0, 0.05) is 29.3 Å². The second-order valence-corrected chi connectivity index (χ2v) is 9.79. The molecule has 9 heteroatoms. The van der Waals surface area contributed by atoms with Gasteiger partial charge in [-0.15, -0.1) is 0 Å². The fourth-order valence-corrected chi connectivity index (χ4v) is 5.31. The lowest BCUT2D eigenvalue weighted by Crippen LogP contribution is -2.27. The summed E-state index contributed by atoms with van der Waals surface area (Å²) in [6, 6.07) is 13.2. The molecule has 0 N–H and O–H groups in total. The number of halogens is 1. The fourth-order valence-electron chi connectivity index (χ4n) is 5.06. The summed E-state index contributed by atoms with van der Waals surface area (Å²) >= 11 is 6.38. The Labute approximate surface area is 239 Å². The van der Waals surface area contributed by atoms with E-state index in [4.69, 9.17) is 30.5 Å². The Morgan fingerprint density at radius 2 is 1.57 bits per heavy atom. The molecule has 210 valence electrons. The lowest BCUT2D eigenvalue weighted by molar-refractivity contribution is -0.136. The van der Waals surface area contributed by atoms with E-state index in [1.807, 2.05) is 60.9 Å². The Morgan fingerprint density at radius 3 is 2.20 bits per heavy atom. The first kappa shape index (κ1) is 28.8. The lowest BCUT2D eigenvalue weighted by Gasteiger charge is -2.18. The van der Waals surface area contributed by atoms with Crippen LogP contribution >= 0.6 is 11.6 Å². The first-order valence-corrected chi connectivity index (χ1v) is 13.1. The summed E-state index contributed by atoms with van der Waals surface area (Å²) < 4.78 is 23.1. The summed E-state index contributed by atoms with van der Waals surface area (Å²) in [4.78, 5) is 28.2. The van der Waals surface area contributed by atoms with E-state index in [-0.39, 0.29) is 11.5 Å². The molecule has 0 radical (unpaired) electrons. The number of aromatic nitrogens is 1. The average Bonchev–Trinajstić information content (AvgIpc) is 3.36. The van der Waals surface area contributed by atoms with Crippen LogP contribution in [-0.4, -0.2) is 56.3 Å². The van der Waals surface area contributed by atoms with Gasteiger partial charge in [0.25, 0.3) is 5.91 Å². The van der Waals surface area contributed by atoms with Crippen molar-refractivity contribution in [2.75, 3.05) is 35.0 Å². The van der Waals surface area contributed by atoms with Crippen LogP contribution in [0.4, 0.5) is 0 Å². The van der Waals surface area contributed by atoms with E-state index < -0.39 is 5.97 Å². The summed E-state index contributed by atoms with van der Waals surface area (Å²) in [5.74, 6) is 1.03. The normalized spacial score (nSPS) is 14.2. The van der Waals surface area contributed by atoms with Crippen molar-refractivity contribution in [1.29, 1.82) is 0 Å². The maximum Gasteiger partial charge on any atom is 0.340 e. The molecule has 0 spiro atoms. The number of methoxy groups -OCH3 is 4. The number of rotatable bonds is 9. The summed E-state index contributed by atoms with van der Waals surface area (Å²) in [6.07, 6.45) is 2.32. The highest BCUT2D eigenvalue weighted by Crippen LogP contribution is 2.35. The van der Waals surface area contributed by atoms with Gasteiger partial charge in [-0.2, -0.15) is 0 Å². The van der Waals surface area contributed by atoms with Crippen molar-refractivity contribution < 1.29 is 28.5 Å². The first-order chi connectivity index (χ1) is 19.1. The molecule has 1 aliphatic rings. The number of allylic oxidation sites excluding steroid dienone is 1. The third-order valence-electron chi connectivity index (χ3n) is 7.14. The highest BCUT2D eigenvalue weighted by atomic mass is 35.5. The molecule has 8 nitrogen and oxygen atoms in total. The van der Waals surface area contributed by atoms with Crippen LogP contribution < -0.4 is 14.2 Å². The molecule has 0 saturated carbocycles. The molecular formula is C31H33ClN2O6. The summed E-state index contributed by atoms with van der Waals surface area (Å²) in [5, 5.41) is 0.495. The topological polar surface area (TPSA) is 79.2 Å². The summed E-state index contributed by atoms with van der Waals surface area (Å²) in [6.45, 7) is 6.07. The zero-order chi connectivity index (χ0) is 29.1. The molecule has 0 bridgehead atoms. The van der Waals surface area contributed by atoms with Crippen LogP contribution in [0.2, 0.25) is 5.02 Å². The Kier molecular flexibility index (Phi) is 8.59. The highest BCUT2D eigenvalue weighted by Gasteiger charge is 2.37. The predicted octanol–water partition coefficient (Wildman–Crippen LogP) is 5.69. The largest absolute Gasteiger partial charge is 0.495 e. The van der Waals surface area contributed by atoms with Crippen molar-refractivity contribution in [2.45, 2.75) is 27.2 Å². The molecule has 0 aliphatic carbocycles. The van der Waals surface area contributed by atoms with Crippen molar-refractivity contribution in [3.8, 4) is 22.9 Å². The quantitative estimate of drug-likeness (QED) is 0.245. The average molecular weight is 565 g/mol. The van der Waals surface area contributed by atoms with E-state index in [0.717, 1.165) is 28.2 Å². The van der Waals surface area contributed by atoms with Gasteiger partial charge in [-0.3, -0.25) is 4.79 Å². The molecule has 0 fully saturated rings. The smallest absolute Gasteiger partial charge is 0.340 e. The third-order valence-corrected chi connectivity index (χ3v) is 7.43. The van der Waals surface area contributed by atoms with E-state index in [0.29, 0.717) is 46.5 Å². The molecule has 2 aromatic carbocycles. The highest BCUT2D eigenvalue weighted by molar-refractivity contribution is 6.32. The number of esters is 1. The molecule has 1 aromatic heterocycles. The SMILES string of the molecule is COC(=O)C1=C(C)N(CCc2ccc(OC)c(OC)c2)C(=O)/C1=C\c1cc(C)n(-c2ccc(OC)c(Cl)c2)c1C. The first-order valence-electron chi connectivity index (χ1n) is 12.7. The van der Waals surface area contributed by atoms with Crippen LogP contribution in [0.3, 0.4) is 0 Å². The molecule has 4 rings (SSSR count). The second-order valence-electron chi connectivity index (χ2n) is 9.39. The van der Waals surface area contributed by atoms with Gasteiger partial charge in [-0.25, -0.2) is 4.79 Å². The number of amides is 1. The Hall–Kier alpha value is -4.17. The zero-order valence-electron chi connectivity index (χ0n) is 23.8. The lowest BCUT2D eigenvalue weighted by atomic mass is 10.0. The number of benzene rings is 2. The minimum Gasteiger partial charge on any atom is -0.495 e. The molecule has 0 saturated heterocycles. The molecular weight excluding hydrogens is 532 g/mol.